The van der Waals surface area contributed by atoms with Crippen LogP contribution in [0.5, 0.6) is 5.75 Å². The first kappa shape index (κ1) is 20.3. The van der Waals surface area contributed by atoms with Crippen molar-refractivity contribution in [3.8, 4) is 5.75 Å². The van der Waals surface area contributed by atoms with Crippen molar-refractivity contribution in [3.63, 3.8) is 0 Å². The molecule has 0 aliphatic carbocycles. The first-order valence-electron chi connectivity index (χ1n) is 8.48. The molecular formula is C19H18ClF3N2O3. The Morgan fingerprint density at radius 1 is 1.18 bits per heavy atom. The maximum absolute atomic E-state index is 13.2. The number of methoxy groups -OCH3 is 1. The molecule has 1 aliphatic rings. The van der Waals surface area contributed by atoms with Crippen LogP contribution in [0.4, 0.5) is 24.5 Å². The molecule has 1 fully saturated rings. The maximum Gasteiger partial charge on any atom is 0.416 e. The van der Waals surface area contributed by atoms with E-state index in [4.69, 9.17) is 21.1 Å². The van der Waals surface area contributed by atoms with Gasteiger partial charge in [-0.05, 0) is 36.4 Å². The molecule has 0 radical (unpaired) electrons. The van der Waals surface area contributed by atoms with Crippen molar-refractivity contribution in [2.24, 2.45) is 0 Å². The average molecular weight is 415 g/mol. The van der Waals surface area contributed by atoms with E-state index in [0.29, 0.717) is 37.0 Å². The van der Waals surface area contributed by atoms with Crippen LogP contribution in [0.15, 0.2) is 36.4 Å². The Kier molecular flexibility index (Phi) is 6.00. The molecule has 1 amide bonds. The van der Waals surface area contributed by atoms with Gasteiger partial charge in [0.25, 0.3) is 5.91 Å². The highest BCUT2D eigenvalue weighted by Crippen LogP contribution is 2.36. The number of anilines is 2. The van der Waals surface area contributed by atoms with Crippen molar-refractivity contribution in [2.75, 3.05) is 43.6 Å². The van der Waals surface area contributed by atoms with E-state index in [1.807, 2.05) is 4.90 Å². The number of morpholine rings is 1. The van der Waals surface area contributed by atoms with Crippen LogP contribution in [0.3, 0.4) is 0 Å². The third-order valence-electron chi connectivity index (χ3n) is 4.33. The van der Waals surface area contributed by atoms with Gasteiger partial charge in [-0.3, -0.25) is 4.79 Å². The first-order valence-corrected chi connectivity index (χ1v) is 8.86. The summed E-state index contributed by atoms with van der Waals surface area (Å²) in [6, 6.07) is 7.77. The zero-order valence-electron chi connectivity index (χ0n) is 15.0. The van der Waals surface area contributed by atoms with Crippen LogP contribution in [0, 0.1) is 0 Å². The lowest BCUT2D eigenvalue weighted by Gasteiger charge is -2.31. The monoisotopic (exact) mass is 414 g/mol. The largest absolute Gasteiger partial charge is 0.496 e. The lowest BCUT2D eigenvalue weighted by Crippen LogP contribution is -2.36. The molecule has 0 atom stereocenters. The van der Waals surface area contributed by atoms with Crippen LogP contribution in [-0.2, 0) is 10.9 Å². The van der Waals surface area contributed by atoms with Gasteiger partial charge in [-0.25, -0.2) is 0 Å². The molecule has 5 nitrogen and oxygen atoms in total. The van der Waals surface area contributed by atoms with Gasteiger partial charge >= 0.3 is 6.18 Å². The zero-order chi connectivity index (χ0) is 20.3. The molecule has 1 saturated heterocycles. The number of nitrogens with zero attached hydrogens (tertiary/aromatic N) is 1. The number of halogens is 4. The third kappa shape index (κ3) is 4.51. The Morgan fingerprint density at radius 2 is 1.89 bits per heavy atom. The second-order valence-corrected chi connectivity index (χ2v) is 6.56. The fourth-order valence-corrected chi connectivity index (χ4v) is 3.11. The number of rotatable bonds is 4. The standard InChI is InChI=1S/C19H18ClF3N2O3/c1-27-17-5-3-13(20)11-14(17)18(26)24-15-10-12(19(21,22)23)2-4-16(15)25-6-8-28-9-7-25/h2-5,10-11H,6-9H2,1H3,(H,24,26). The van der Waals surface area contributed by atoms with Gasteiger partial charge < -0.3 is 19.7 Å². The molecule has 9 heteroatoms. The van der Waals surface area contributed by atoms with Crippen LogP contribution in [0.2, 0.25) is 5.02 Å². The summed E-state index contributed by atoms with van der Waals surface area (Å²) in [5, 5.41) is 2.89. The van der Waals surface area contributed by atoms with E-state index >= 15 is 0 Å². The van der Waals surface area contributed by atoms with Crippen molar-refractivity contribution in [2.45, 2.75) is 6.18 Å². The molecule has 1 N–H and O–H groups in total. The Balaban J connectivity index is 1.98. The van der Waals surface area contributed by atoms with Gasteiger partial charge in [0.05, 0.1) is 42.8 Å². The topological polar surface area (TPSA) is 50.8 Å². The summed E-state index contributed by atoms with van der Waals surface area (Å²) in [4.78, 5) is 14.6. The molecular weight excluding hydrogens is 397 g/mol. The third-order valence-corrected chi connectivity index (χ3v) is 4.57. The van der Waals surface area contributed by atoms with E-state index in [0.717, 1.165) is 12.1 Å². The number of carbonyl (C=O) groups excluding carboxylic acids is 1. The molecule has 0 unspecified atom stereocenters. The molecule has 1 heterocycles. The fourth-order valence-electron chi connectivity index (χ4n) is 2.94. The molecule has 28 heavy (non-hydrogen) atoms. The van der Waals surface area contributed by atoms with Crippen LogP contribution >= 0.6 is 11.6 Å². The fraction of sp³-hybridized carbons (Fsp3) is 0.316. The smallest absolute Gasteiger partial charge is 0.416 e. The molecule has 150 valence electrons. The molecule has 0 aromatic heterocycles. The van der Waals surface area contributed by atoms with E-state index in [1.54, 1.807) is 6.07 Å². The zero-order valence-corrected chi connectivity index (χ0v) is 15.7. The van der Waals surface area contributed by atoms with Crippen molar-refractivity contribution in [1.82, 2.24) is 0 Å². The lowest BCUT2D eigenvalue weighted by atomic mass is 10.1. The van der Waals surface area contributed by atoms with Gasteiger partial charge in [0.1, 0.15) is 5.75 Å². The summed E-state index contributed by atoms with van der Waals surface area (Å²) < 4.78 is 50.0. The number of carbonyl (C=O) groups is 1. The van der Waals surface area contributed by atoms with Crippen molar-refractivity contribution < 1.29 is 27.4 Å². The Labute approximate surface area is 165 Å². The highest BCUT2D eigenvalue weighted by molar-refractivity contribution is 6.31. The minimum atomic E-state index is -4.53. The molecule has 0 spiro atoms. The predicted octanol–water partition coefficient (Wildman–Crippen LogP) is 4.46. The summed E-state index contributed by atoms with van der Waals surface area (Å²) >= 11 is 5.95. The number of hydrogen-bond acceptors (Lipinski definition) is 4. The van der Waals surface area contributed by atoms with Crippen molar-refractivity contribution >= 4 is 28.9 Å². The molecule has 0 saturated carbocycles. The molecule has 3 rings (SSSR count). The SMILES string of the molecule is COc1ccc(Cl)cc1C(=O)Nc1cc(C(F)(F)F)ccc1N1CCOCC1. The summed E-state index contributed by atoms with van der Waals surface area (Å²) in [6.07, 6.45) is -4.53. The normalized spacial score (nSPS) is 14.7. The molecule has 1 aliphatic heterocycles. The Morgan fingerprint density at radius 3 is 2.54 bits per heavy atom. The quantitative estimate of drug-likeness (QED) is 0.802. The predicted molar refractivity (Wildman–Crippen MR) is 100 cm³/mol. The van der Waals surface area contributed by atoms with E-state index in [-0.39, 0.29) is 17.0 Å². The van der Waals surface area contributed by atoms with E-state index in [2.05, 4.69) is 5.32 Å². The highest BCUT2D eigenvalue weighted by Gasteiger charge is 2.32. The van der Waals surface area contributed by atoms with Crippen molar-refractivity contribution in [3.05, 3.63) is 52.5 Å². The van der Waals surface area contributed by atoms with Crippen molar-refractivity contribution in [1.29, 1.82) is 0 Å². The van der Waals surface area contributed by atoms with Gasteiger partial charge in [0, 0.05) is 18.1 Å². The number of nitrogens with one attached hydrogen (secondary N) is 1. The molecule has 2 aromatic rings. The second-order valence-electron chi connectivity index (χ2n) is 6.13. The Bertz CT molecular complexity index is 868. The summed E-state index contributed by atoms with van der Waals surface area (Å²) in [7, 11) is 1.39. The van der Waals surface area contributed by atoms with E-state index < -0.39 is 17.6 Å². The summed E-state index contributed by atoms with van der Waals surface area (Å²) in [5.74, 6) is -0.352. The lowest BCUT2D eigenvalue weighted by molar-refractivity contribution is -0.137. The summed E-state index contributed by atoms with van der Waals surface area (Å²) in [6.45, 7) is 1.93. The summed E-state index contributed by atoms with van der Waals surface area (Å²) in [5.41, 5.74) is -0.174. The number of benzene rings is 2. The van der Waals surface area contributed by atoms with Gasteiger partial charge in [-0.15, -0.1) is 0 Å². The highest BCUT2D eigenvalue weighted by atomic mass is 35.5. The van der Waals surface area contributed by atoms with Gasteiger partial charge in [-0.1, -0.05) is 11.6 Å². The second kappa shape index (κ2) is 8.28. The first-order chi connectivity index (χ1) is 13.3. The number of ether oxygens (including phenoxy) is 2. The minimum Gasteiger partial charge on any atom is -0.496 e. The van der Waals surface area contributed by atoms with E-state index in [1.165, 1.54) is 25.3 Å². The minimum absolute atomic E-state index is 0.0590. The Hall–Kier alpha value is -2.45. The number of alkyl halides is 3. The number of hydrogen-bond donors (Lipinski definition) is 1. The van der Waals surface area contributed by atoms with Gasteiger partial charge in [0.15, 0.2) is 0 Å². The van der Waals surface area contributed by atoms with Crippen LogP contribution in [-0.4, -0.2) is 39.3 Å². The van der Waals surface area contributed by atoms with Crippen LogP contribution in [0.25, 0.3) is 0 Å². The molecule has 2 aromatic carbocycles. The van der Waals surface area contributed by atoms with E-state index in [9.17, 15) is 18.0 Å². The van der Waals surface area contributed by atoms with Crippen LogP contribution < -0.4 is 15.0 Å². The maximum atomic E-state index is 13.2. The van der Waals surface area contributed by atoms with Crippen LogP contribution in [0.1, 0.15) is 15.9 Å². The van der Waals surface area contributed by atoms with Gasteiger partial charge in [0.2, 0.25) is 0 Å². The van der Waals surface area contributed by atoms with Gasteiger partial charge in [-0.2, -0.15) is 13.2 Å². The number of amides is 1. The average Bonchev–Trinajstić information content (AvgIpc) is 2.68. The molecule has 0 bridgehead atoms.